The fourth-order valence-corrected chi connectivity index (χ4v) is 1.64. The van der Waals surface area contributed by atoms with Crippen molar-refractivity contribution in [2.45, 2.75) is 19.1 Å². The number of terminal acetylenes is 1. The van der Waals surface area contributed by atoms with E-state index in [2.05, 4.69) is 15.1 Å². The summed E-state index contributed by atoms with van der Waals surface area (Å²) in [5.41, 5.74) is -1.49. The fourth-order valence-electron chi connectivity index (χ4n) is 1.27. The lowest BCUT2D eigenvalue weighted by molar-refractivity contribution is 0.106. The normalized spacial score (nSPS) is 15.2. The molecule has 1 aromatic rings. The molecule has 0 aliphatic rings. The molecule has 0 bridgehead atoms. The number of hydrogen-bond acceptors (Lipinski definition) is 5. The molecule has 94 valence electrons. The van der Waals surface area contributed by atoms with Crippen LogP contribution in [0.5, 0.6) is 0 Å². The van der Waals surface area contributed by atoms with Crippen LogP contribution in [0.4, 0.5) is 0 Å². The lowest BCUT2D eigenvalue weighted by atomic mass is 10.1. The van der Waals surface area contributed by atoms with Crippen molar-refractivity contribution in [3.63, 3.8) is 0 Å². The highest BCUT2D eigenvalue weighted by atomic mass is 32.2. The van der Waals surface area contributed by atoms with E-state index in [4.69, 9.17) is 6.42 Å². The molecule has 1 unspecified atom stereocenters. The molecule has 1 aromatic heterocycles. The zero-order valence-electron chi connectivity index (χ0n) is 9.62. The molecule has 0 aromatic carbocycles. The van der Waals surface area contributed by atoms with Crippen molar-refractivity contribution >= 4 is 10.1 Å². The minimum Gasteiger partial charge on any atom is -0.371 e. The highest BCUT2D eigenvalue weighted by Crippen LogP contribution is 2.17. The summed E-state index contributed by atoms with van der Waals surface area (Å²) < 4.78 is 27.7. The molecule has 1 atom stereocenters. The summed E-state index contributed by atoms with van der Waals surface area (Å²) in [5, 5.41) is 9.84. The van der Waals surface area contributed by atoms with Crippen molar-refractivity contribution in [3.05, 3.63) is 18.2 Å². The average Bonchev–Trinajstić information content (AvgIpc) is 2.65. The number of aromatic nitrogens is 2. The van der Waals surface area contributed by atoms with Crippen molar-refractivity contribution in [3.8, 4) is 12.3 Å². The van der Waals surface area contributed by atoms with Gasteiger partial charge in [0.05, 0.1) is 12.9 Å². The monoisotopic (exact) mass is 258 g/mol. The van der Waals surface area contributed by atoms with Crippen LogP contribution in [0.15, 0.2) is 12.4 Å². The maximum Gasteiger partial charge on any atom is 0.264 e. The van der Waals surface area contributed by atoms with E-state index in [1.165, 1.54) is 13.1 Å². The van der Waals surface area contributed by atoms with Crippen molar-refractivity contribution in [1.82, 2.24) is 9.55 Å². The third kappa shape index (κ3) is 3.85. The second kappa shape index (κ2) is 4.87. The molecule has 0 amide bonds. The Morgan fingerprint density at radius 1 is 1.71 bits per heavy atom. The van der Waals surface area contributed by atoms with Crippen LogP contribution >= 0.6 is 0 Å². The summed E-state index contributed by atoms with van der Waals surface area (Å²) in [6.07, 6.45) is 9.22. The SMILES string of the molecule is C#CC(C)(O)c1nccn1CCOS(C)(=O)=O. The molecule has 0 saturated heterocycles. The van der Waals surface area contributed by atoms with Crippen molar-refractivity contribution in [2.24, 2.45) is 0 Å². The molecule has 0 radical (unpaired) electrons. The standard InChI is InChI=1S/C10H14N2O4S/c1-4-10(2,13)9-11-5-6-12(9)7-8-16-17(3,14)15/h1,5-6,13H,7-8H2,2-3H3. The van der Waals surface area contributed by atoms with Gasteiger partial charge in [-0.3, -0.25) is 4.18 Å². The molecule has 1 heterocycles. The number of imidazole rings is 1. The molecule has 0 spiro atoms. The van der Waals surface area contributed by atoms with Gasteiger partial charge in [0.1, 0.15) is 0 Å². The molecule has 0 fully saturated rings. The first kappa shape index (κ1) is 13.7. The van der Waals surface area contributed by atoms with Gasteiger partial charge in [-0.2, -0.15) is 8.42 Å². The van der Waals surface area contributed by atoms with E-state index >= 15 is 0 Å². The lowest BCUT2D eigenvalue weighted by Crippen LogP contribution is -2.25. The summed E-state index contributed by atoms with van der Waals surface area (Å²) in [7, 11) is -3.47. The first-order valence-corrected chi connectivity index (χ1v) is 6.64. The average molecular weight is 258 g/mol. The van der Waals surface area contributed by atoms with E-state index in [0.717, 1.165) is 6.26 Å². The molecular weight excluding hydrogens is 244 g/mol. The topological polar surface area (TPSA) is 81.4 Å². The van der Waals surface area contributed by atoms with Crippen LogP contribution < -0.4 is 0 Å². The first-order chi connectivity index (χ1) is 7.76. The summed E-state index contributed by atoms with van der Waals surface area (Å²) in [6, 6.07) is 0. The van der Waals surface area contributed by atoms with Gasteiger partial charge in [0.2, 0.25) is 0 Å². The Labute approximate surface area is 100 Å². The minimum atomic E-state index is -3.47. The van der Waals surface area contributed by atoms with Gasteiger partial charge in [-0.1, -0.05) is 5.92 Å². The number of hydrogen-bond donors (Lipinski definition) is 1. The van der Waals surface area contributed by atoms with Gasteiger partial charge in [-0.15, -0.1) is 6.42 Å². The second-order valence-electron chi connectivity index (χ2n) is 3.69. The molecule has 7 heteroatoms. The molecule has 1 rings (SSSR count). The largest absolute Gasteiger partial charge is 0.371 e. The van der Waals surface area contributed by atoms with Crippen LogP contribution in [-0.2, 0) is 26.4 Å². The quantitative estimate of drug-likeness (QED) is 0.579. The Morgan fingerprint density at radius 3 is 2.88 bits per heavy atom. The summed E-state index contributed by atoms with van der Waals surface area (Å²) in [4.78, 5) is 3.94. The van der Waals surface area contributed by atoms with Gasteiger partial charge in [0.15, 0.2) is 11.4 Å². The fraction of sp³-hybridized carbons (Fsp3) is 0.500. The van der Waals surface area contributed by atoms with Gasteiger partial charge in [-0.05, 0) is 6.92 Å². The Kier molecular flexibility index (Phi) is 3.93. The second-order valence-corrected chi connectivity index (χ2v) is 5.33. The third-order valence-electron chi connectivity index (χ3n) is 2.06. The summed E-state index contributed by atoms with van der Waals surface area (Å²) >= 11 is 0. The van der Waals surface area contributed by atoms with Gasteiger partial charge in [0, 0.05) is 18.9 Å². The Hall–Kier alpha value is -1.36. The Balaban J connectivity index is 2.75. The maximum atomic E-state index is 10.8. The Morgan fingerprint density at radius 2 is 2.35 bits per heavy atom. The molecule has 0 aliphatic carbocycles. The van der Waals surface area contributed by atoms with E-state index in [9.17, 15) is 13.5 Å². The van der Waals surface area contributed by atoms with E-state index < -0.39 is 15.7 Å². The molecule has 0 aliphatic heterocycles. The van der Waals surface area contributed by atoms with Crippen LogP contribution in [-0.4, -0.2) is 35.9 Å². The van der Waals surface area contributed by atoms with Gasteiger partial charge >= 0.3 is 0 Å². The van der Waals surface area contributed by atoms with E-state index in [1.54, 1.807) is 10.8 Å². The molecular formula is C10H14N2O4S. The van der Waals surface area contributed by atoms with Gasteiger partial charge in [0.25, 0.3) is 10.1 Å². The molecule has 6 nitrogen and oxygen atoms in total. The molecule has 1 N–H and O–H groups in total. The third-order valence-corrected chi connectivity index (χ3v) is 2.66. The minimum absolute atomic E-state index is 0.0388. The smallest absolute Gasteiger partial charge is 0.264 e. The number of rotatable bonds is 5. The first-order valence-electron chi connectivity index (χ1n) is 4.82. The summed E-state index contributed by atoms with van der Waals surface area (Å²) in [5.74, 6) is 2.48. The van der Waals surface area contributed by atoms with E-state index in [-0.39, 0.29) is 19.0 Å². The van der Waals surface area contributed by atoms with Crippen molar-refractivity contribution in [2.75, 3.05) is 12.9 Å². The van der Waals surface area contributed by atoms with E-state index in [0.29, 0.717) is 0 Å². The lowest BCUT2D eigenvalue weighted by Gasteiger charge is -2.17. The van der Waals surface area contributed by atoms with Crippen molar-refractivity contribution in [1.29, 1.82) is 0 Å². The van der Waals surface area contributed by atoms with Crippen LogP contribution in [0.25, 0.3) is 0 Å². The molecule has 17 heavy (non-hydrogen) atoms. The number of aliphatic hydroxyl groups is 1. The predicted molar refractivity (Wildman–Crippen MR) is 61.4 cm³/mol. The van der Waals surface area contributed by atoms with Crippen molar-refractivity contribution < 1.29 is 17.7 Å². The number of nitrogens with zero attached hydrogens (tertiary/aromatic N) is 2. The van der Waals surface area contributed by atoms with Crippen LogP contribution in [0, 0.1) is 12.3 Å². The van der Waals surface area contributed by atoms with Crippen LogP contribution in [0.1, 0.15) is 12.7 Å². The maximum absolute atomic E-state index is 10.8. The summed E-state index contributed by atoms with van der Waals surface area (Å²) in [6.45, 7) is 1.63. The van der Waals surface area contributed by atoms with E-state index in [1.807, 2.05) is 0 Å². The zero-order valence-corrected chi connectivity index (χ0v) is 10.4. The highest BCUT2D eigenvalue weighted by molar-refractivity contribution is 7.85. The Bertz CT molecular complexity index is 525. The van der Waals surface area contributed by atoms with Gasteiger partial charge in [-0.25, -0.2) is 4.98 Å². The van der Waals surface area contributed by atoms with Crippen LogP contribution in [0.2, 0.25) is 0 Å². The van der Waals surface area contributed by atoms with Crippen LogP contribution in [0.3, 0.4) is 0 Å². The predicted octanol–water partition coefficient (Wildman–Crippen LogP) is -0.300. The molecule has 0 saturated carbocycles. The highest BCUT2D eigenvalue weighted by Gasteiger charge is 2.25. The van der Waals surface area contributed by atoms with Gasteiger partial charge < -0.3 is 9.67 Å². The zero-order chi connectivity index (χ0) is 13.1.